The molecule has 0 bridgehead atoms. The standard InChI is InChI=1S/C9H18N2O2/c1-7-4-5-10(2)8(6-12)9(13)11(7)3/h7-8,12H,4-6H2,1-3H3. The van der Waals surface area contributed by atoms with Gasteiger partial charge in [0.05, 0.1) is 6.61 Å². The first-order chi connectivity index (χ1) is 6.07. The van der Waals surface area contributed by atoms with Gasteiger partial charge in [0.15, 0.2) is 0 Å². The molecule has 1 amide bonds. The van der Waals surface area contributed by atoms with Gasteiger partial charge in [0, 0.05) is 19.6 Å². The molecule has 13 heavy (non-hydrogen) atoms. The minimum absolute atomic E-state index is 0.0231. The minimum atomic E-state index is -0.352. The van der Waals surface area contributed by atoms with Crippen LogP contribution < -0.4 is 0 Å². The lowest BCUT2D eigenvalue weighted by Gasteiger charge is -2.25. The molecule has 0 radical (unpaired) electrons. The van der Waals surface area contributed by atoms with Gasteiger partial charge in [0.2, 0.25) is 5.91 Å². The molecule has 76 valence electrons. The highest BCUT2D eigenvalue weighted by molar-refractivity contribution is 5.82. The van der Waals surface area contributed by atoms with Crippen molar-refractivity contribution in [1.29, 1.82) is 0 Å². The molecule has 0 aliphatic carbocycles. The fourth-order valence-electron chi connectivity index (χ4n) is 1.60. The monoisotopic (exact) mass is 186 g/mol. The van der Waals surface area contributed by atoms with Crippen molar-refractivity contribution in [1.82, 2.24) is 9.80 Å². The summed E-state index contributed by atoms with van der Waals surface area (Å²) in [5.74, 6) is 0.0231. The van der Waals surface area contributed by atoms with Crippen LogP contribution in [0.5, 0.6) is 0 Å². The maximum atomic E-state index is 11.7. The molecule has 0 aromatic heterocycles. The van der Waals surface area contributed by atoms with Gasteiger partial charge in [-0.25, -0.2) is 0 Å². The Morgan fingerprint density at radius 2 is 2.15 bits per heavy atom. The van der Waals surface area contributed by atoms with Crippen LogP contribution in [0.15, 0.2) is 0 Å². The Morgan fingerprint density at radius 1 is 1.54 bits per heavy atom. The van der Waals surface area contributed by atoms with Crippen molar-refractivity contribution in [2.75, 3.05) is 27.2 Å². The van der Waals surface area contributed by atoms with E-state index in [1.165, 1.54) is 0 Å². The molecule has 1 aliphatic rings. The molecule has 2 atom stereocenters. The maximum absolute atomic E-state index is 11.7. The molecule has 1 N–H and O–H groups in total. The second-order valence-corrected chi connectivity index (χ2v) is 3.77. The third-order valence-corrected chi connectivity index (χ3v) is 2.90. The topological polar surface area (TPSA) is 43.8 Å². The number of nitrogens with zero attached hydrogens (tertiary/aromatic N) is 2. The number of hydrogen-bond acceptors (Lipinski definition) is 3. The smallest absolute Gasteiger partial charge is 0.242 e. The zero-order valence-corrected chi connectivity index (χ0v) is 8.53. The van der Waals surface area contributed by atoms with Gasteiger partial charge in [-0.3, -0.25) is 9.69 Å². The number of amides is 1. The van der Waals surface area contributed by atoms with Crippen molar-refractivity contribution in [2.45, 2.75) is 25.4 Å². The van der Waals surface area contributed by atoms with Gasteiger partial charge < -0.3 is 10.0 Å². The summed E-state index contributed by atoms with van der Waals surface area (Å²) in [5, 5.41) is 9.07. The average Bonchev–Trinajstić information content (AvgIpc) is 2.20. The van der Waals surface area contributed by atoms with Gasteiger partial charge in [-0.15, -0.1) is 0 Å². The summed E-state index contributed by atoms with van der Waals surface area (Å²) < 4.78 is 0. The van der Waals surface area contributed by atoms with Gasteiger partial charge in [-0.1, -0.05) is 0 Å². The van der Waals surface area contributed by atoms with Crippen molar-refractivity contribution in [2.24, 2.45) is 0 Å². The summed E-state index contributed by atoms with van der Waals surface area (Å²) >= 11 is 0. The second-order valence-electron chi connectivity index (χ2n) is 3.77. The first kappa shape index (κ1) is 10.5. The molecule has 4 nitrogen and oxygen atoms in total. The normalized spacial score (nSPS) is 32.0. The highest BCUT2D eigenvalue weighted by Crippen LogP contribution is 2.13. The SMILES string of the molecule is CC1CCN(C)C(CO)C(=O)N1C. The summed E-state index contributed by atoms with van der Waals surface area (Å²) in [4.78, 5) is 15.4. The molecular formula is C9H18N2O2. The fraction of sp³-hybridized carbons (Fsp3) is 0.889. The maximum Gasteiger partial charge on any atom is 0.242 e. The molecule has 1 aliphatic heterocycles. The molecule has 2 unspecified atom stereocenters. The highest BCUT2D eigenvalue weighted by Gasteiger charge is 2.31. The molecule has 0 spiro atoms. The number of hydrogen-bond donors (Lipinski definition) is 1. The Kier molecular flexibility index (Phi) is 3.27. The van der Waals surface area contributed by atoms with Crippen molar-refractivity contribution < 1.29 is 9.90 Å². The predicted molar refractivity (Wildman–Crippen MR) is 50.4 cm³/mol. The molecule has 1 rings (SSSR count). The zero-order valence-electron chi connectivity index (χ0n) is 8.53. The van der Waals surface area contributed by atoms with Crippen LogP contribution in [-0.2, 0) is 4.79 Å². The van der Waals surface area contributed by atoms with Gasteiger partial charge in [0.1, 0.15) is 6.04 Å². The molecule has 4 heteroatoms. The van der Waals surface area contributed by atoms with E-state index in [0.717, 1.165) is 13.0 Å². The minimum Gasteiger partial charge on any atom is -0.394 e. The van der Waals surface area contributed by atoms with E-state index in [9.17, 15) is 4.79 Å². The number of carbonyl (C=O) groups excluding carboxylic acids is 1. The Hall–Kier alpha value is -0.610. The van der Waals surface area contributed by atoms with Crippen LogP contribution in [0.4, 0.5) is 0 Å². The summed E-state index contributed by atoms with van der Waals surface area (Å²) in [6.45, 7) is 2.81. The van der Waals surface area contributed by atoms with Crippen LogP contribution in [0.25, 0.3) is 0 Å². The van der Waals surface area contributed by atoms with Gasteiger partial charge in [-0.05, 0) is 20.4 Å². The largest absolute Gasteiger partial charge is 0.394 e. The zero-order chi connectivity index (χ0) is 10.0. The molecule has 1 heterocycles. The van der Waals surface area contributed by atoms with Crippen LogP contribution in [0.1, 0.15) is 13.3 Å². The lowest BCUT2D eigenvalue weighted by atomic mass is 10.2. The van der Waals surface area contributed by atoms with Crippen LogP contribution >= 0.6 is 0 Å². The van der Waals surface area contributed by atoms with Gasteiger partial charge in [0.25, 0.3) is 0 Å². The predicted octanol–water partition coefficient (Wildman–Crippen LogP) is -0.470. The number of aliphatic hydroxyl groups excluding tert-OH is 1. The Morgan fingerprint density at radius 3 is 2.69 bits per heavy atom. The number of rotatable bonds is 1. The Bertz CT molecular complexity index is 196. The van der Waals surface area contributed by atoms with E-state index in [4.69, 9.17) is 5.11 Å². The van der Waals surface area contributed by atoms with E-state index in [1.807, 2.05) is 18.9 Å². The van der Waals surface area contributed by atoms with E-state index in [0.29, 0.717) is 0 Å². The Labute approximate surface area is 79.1 Å². The second kappa shape index (κ2) is 4.07. The Balaban J connectivity index is 2.78. The van der Waals surface area contributed by atoms with E-state index in [1.54, 1.807) is 11.9 Å². The molecular weight excluding hydrogens is 168 g/mol. The molecule has 1 fully saturated rings. The van der Waals surface area contributed by atoms with E-state index in [-0.39, 0.29) is 24.6 Å². The molecule has 0 aromatic rings. The van der Waals surface area contributed by atoms with Crippen LogP contribution in [0.3, 0.4) is 0 Å². The van der Waals surface area contributed by atoms with Crippen LogP contribution in [-0.4, -0.2) is 60.1 Å². The first-order valence-corrected chi connectivity index (χ1v) is 4.65. The van der Waals surface area contributed by atoms with E-state index >= 15 is 0 Å². The van der Waals surface area contributed by atoms with Gasteiger partial charge >= 0.3 is 0 Å². The lowest BCUT2D eigenvalue weighted by Crippen LogP contribution is -2.46. The van der Waals surface area contributed by atoms with Crippen LogP contribution in [0.2, 0.25) is 0 Å². The lowest BCUT2D eigenvalue weighted by molar-refractivity contribution is -0.136. The first-order valence-electron chi connectivity index (χ1n) is 4.65. The van der Waals surface area contributed by atoms with E-state index in [2.05, 4.69) is 0 Å². The molecule has 0 aromatic carbocycles. The fourth-order valence-corrected chi connectivity index (χ4v) is 1.60. The van der Waals surface area contributed by atoms with Crippen molar-refractivity contribution in [3.05, 3.63) is 0 Å². The number of carbonyl (C=O) groups is 1. The highest BCUT2D eigenvalue weighted by atomic mass is 16.3. The number of likely N-dealkylation sites (N-methyl/N-ethyl adjacent to an activating group) is 2. The van der Waals surface area contributed by atoms with Gasteiger partial charge in [-0.2, -0.15) is 0 Å². The molecule has 0 saturated carbocycles. The number of aliphatic hydroxyl groups is 1. The quantitative estimate of drug-likeness (QED) is 0.602. The van der Waals surface area contributed by atoms with Crippen molar-refractivity contribution >= 4 is 5.91 Å². The summed E-state index contributed by atoms with van der Waals surface area (Å²) in [5.41, 5.74) is 0. The molecule has 1 saturated heterocycles. The summed E-state index contributed by atoms with van der Waals surface area (Å²) in [6, 6.07) is -0.0820. The average molecular weight is 186 g/mol. The third kappa shape index (κ3) is 2.00. The third-order valence-electron chi connectivity index (χ3n) is 2.90. The van der Waals surface area contributed by atoms with Crippen molar-refractivity contribution in [3.8, 4) is 0 Å². The van der Waals surface area contributed by atoms with Crippen molar-refractivity contribution in [3.63, 3.8) is 0 Å². The summed E-state index contributed by atoms with van der Waals surface area (Å²) in [6.07, 6.45) is 0.968. The summed E-state index contributed by atoms with van der Waals surface area (Å²) in [7, 11) is 3.68. The van der Waals surface area contributed by atoms with E-state index < -0.39 is 0 Å². The van der Waals surface area contributed by atoms with Crippen LogP contribution in [0, 0.1) is 0 Å².